The van der Waals surface area contributed by atoms with Gasteiger partial charge >= 0.3 is 0 Å². The van der Waals surface area contributed by atoms with Crippen LogP contribution in [0.5, 0.6) is 0 Å². The maximum Gasteiger partial charge on any atom is 0.251 e. The molecule has 0 radical (unpaired) electrons. The van der Waals surface area contributed by atoms with Crippen molar-refractivity contribution < 1.29 is 4.79 Å². The number of rotatable bonds is 2. The fourth-order valence-corrected chi connectivity index (χ4v) is 2.51. The second-order valence-electron chi connectivity index (χ2n) is 4.98. The number of hydrogen-bond acceptors (Lipinski definition) is 1. The molecule has 0 unspecified atom stereocenters. The normalized spacial score (nSPS) is 17.5. The third-order valence-electron chi connectivity index (χ3n) is 3.58. The molecular formula is C15H21NO. The SMILES string of the molecule is Cc1ccccc1C(=O)NC1CCCCCC1. The molecule has 2 nitrogen and oxygen atoms in total. The summed E-state index contributed by atoms with van der Waals surface area (Å²) in [5, 5.41) is 3.18. The number of carbonyl (C=O) groups is 1. The van der Waals surface area contributed by atoms with Crippen LogP contribution in [-0.2, 0) is 0 Å². The van der Waals surface area contributed by atoms with Crippen LogP contribution in [0.15, 0.2) is 24.3 Å². The first kappa shape index (κ1) is 12.2. The van der Waals surface area contributed by atoms with E-state index in [1.807, 2.05) is 31.2 Å². The number of nitrogens with one attached hydrogen (secondary N) is 1. The van der Waals surface area contributed by atoms with Gasteiger partial charge in [0.2, 0.25) is 0 Å². The van der Waals surface area contributed by atoms with Crippen molar-refractivity contribution in [2.75, 3.05) is 0 Å². The molecule has 0 aromatic heterocycles. The van der Waals surface area contributed by atoms with Crippen LogP contribution in [0.2, 0.25) is 0 Å². The minimum atomic E-state index is 0.0926. The lowest BCUT2D eigenvalue weighted by Gasteiger charge is -2.16. The highest BCUT2D eigenvalue weighted by Gasteiger charge is 2.16. The zero-order valence-corrected chi connectivity index (χ0v) is 10.5. The number of carbonyl (C=O) groups excluding carboxylic acids is 1. The zero-order chi connectivity index (χ0) is 12.1. The Balaban J connectivity index is 1.98. The molecule has 1 fully saturated rings. The van der Waals surface area contributed by atoms with E-state index < -0.39 is 0 Å². The van der Waals surface area contributed by atoms with Gasteiger partial charge in [0.25, 0.3) is 5.91 Å². The van der Waals surface area contributed by atoms with Crippen molar-refractivity contribution in [2.24, 2.45) is 0 Å². The molecule has 1 aliphatic rings. The molecule has 2 heteroatoms. The molecule has 1 aliphatic carbocycles. The van der Waals surface area contributed by atoms with E-state index >= 15 is 0 Å². The van der Waals surface area contributed by atoms with Crippen molar-refractivity contribution >= 4 is 5.91 Å². The summed E-state index contributed by atoms with van der Waals surface area (Å²) in [6.45, 7) is 1.99. The van der Waals surface area contributed by atoms with E-state index in [4.69, 9.17) is 0 Å². The van der Waals surface area contributed by atoms with Crippen molar-refractivity contribution in [3.05, 3.63) is 35.4 Å². The lowest BCUT2D eigenvalue weighted by atomic mass is 10.1. The molecule has 92 valence electrons. The van der Waals surface area contributed by atoms with Gasteiger partial charge in [-0.2, -0.15) is 0 Å². The minimum Gasteiger partial charge on any atom is -0.349 e. The van der Waals surface area contributed by atoms with Crippen LogP contribution in [0.25, 0.3) is 0 Å². The molecular weight excluding hydrogens is 210 g/mol. The monoisotopic (exact) mass is 231 g/mol. The van der Waals surface area contributed by atoms with Crippen LogP contribution < -0.4 is 5.32 Å². The van der Waals surface area contributed by atoms with Crippen molar-refractivity contribution in [3.63, 3.8) is 0 Å². The summed E-state index contributed by atoms with van der Waals surface area (Å²) in [7, 11) is 0. The van der Waals surface area contributed by atoms with Crippen LogP contribution in [-0.4, -0.2) is 11.9 Å². The molecule has 0 atom stereocenters. The van der Waals surface area contributed by atoms with E-state index in [1.54, 1.807) is 0 Å². The van der Waals surface area contributed by atoms with Crippen LogP contribution in [0.4, 0.5) is 0 Å². The minimum absolute atomic E-state index is 0.0926. The summed E-state index contributed by atoms with van der Waals surface area (Å²) in [4.78, 5) is 12.1. The van der Waals surface area contributed by atoms with Crippen molar-refractivity contribution in [3.8, 4) is 0 Å². The summed E-state index contributed by atoms with van der Waals surface area (Å²) < 4.78 is 0. The predicted octanol–water partition coefficient (Wildman–Crippen LogP) is 3.45. The Morgan fingerprint density at radius 2 is 1.76 bits per heavy atom. The second-order valence-corrected chi connectivity index (χ2v) is 4.98. The number of benzene rings is 1. The van der Waals surface area contributed by atoms with Gasteiger partial charge in [0.1, 0.15) is 0 Å². The highest BCUT2D eigenvalue weighted by atomic mass is 16.1. The van der Waals surface area contributed by atoms with Gasteiger partial charge in [0, 0.05) is 11.6 Å². The highest BCUT2D eigenvalue weighted by Crippen LogP contribution is 2.18. The van der Waals surface area contributed by atoms with E-state index in [9.17, 15) is 4.79 Å². The molecule has 0 spiro atoms. The summed E-state index contributed by atoms with van der Waals surface area (Å²) in [6.07, 6.45) is 7.40. The topological polar surface area (TPSA) is 29.1 Å². The zero-order valence-electron chi connectivity index (χ0n) is 10.5. The molecule has 1 N–H and O–H groups in total. The summed E-state index contributed by atoms with van der Waals surface area (Å²) >= 11 is 0. The van der Waals surface area contributed by atoms with Gasteiger partial charge in [0.05, 0.1) is 0 Å². The Labute approximate surface area is 103 Å². The Morgan fingerprint density at radius 1 is 1.12 bits per heavy atom. The first-order valence-electron chi connectivity index (χ1n) is 6.64. The van der Waals surface area contributed by atoms with E-state index in [-0.39, 0.29) is 5.91 Å². The van der Waals surface area contributed by atoms with Gasteiger partial charge in [0.15, 0.2) is 0 Å². The van der Waals surface area contributed by atoms with E-state index in [1.165, 1.54) is 25.7 Å². The van der Waals surface area contributed by atoms with Crippen LogP contribution in [0, 0.1) is 6.92 Å². The average Bonchev–Trinajstić information content (AvgIpc) is 2.58. The predicted molar refractivity (Wildman–Crippen MR) is 70.1 cm³/mol. The lowest BCUT2D eigenvalue weighted by Crippen LogP contribution is -2.34. The highest BCUT2D eigenvalue weighted by molar-refractivity contribution is 5.95. The molecule has 17 heavy (non-hydrogen) atoms. The second kappa shape index (κ2) is 5.85. The van der Waals surface area contributed by atoms with Crippen molar-refractivity contribution in [1.82, 2.24) is 5.32 Å². The number of aryl methyl sites for hydroxylation is 1. The third-order valence-corrected chi connectivity index (χ3v) is 3.58. The molecule has 0 saturated heterocycles. The number of amides is 1. The molecule has 2 rings (SSSR count). The van der Waals surface area contributed by atoms with Crippen LogP contribution in [0.1, 0.15) is 54.4 Å². The molecule has 1 aromatic carbocycles. The number of hydrogen-bond donors (Lipinski definition) is 1. The summed E-state index contributed by atoms with van der Waals surface area (Å²) in [5.41, 5.74) is 1.87. The van der Waals surface area contributed by atoms with Gasteiger partial charge < -0.3 is 5.32 Å². The van der Waals surface area contributed by atoms with E-state index in [0.717, 1.165) is 24.0 Å². The first-order chi connectivity index (χ1) is 8.27. The van der Waals surface area contributed by atoms with Crippen molar-refractivity contribution in [1.29, 1.82) is 0 Å². The molecule has 1 saturated carbocycles. The average molecular weight is 231 g/mol. The van der Waals surface area contributed by atoms with E-state index in [0.29, 0.717) is 6.04 Å². The van der Waals surface area contributed by atoms with Gasteiger partial charge in [-0.25, -0.2) is 0 Å². The summed E-state index contributed by atoms with van der Waals surface area (Å²) in [6, 6.07) is 8.17. The Bertz CT molecular complexity index is 378. The van der Waals surface area contributed by atoms with Crippen LogP contribution >= 0.6 is 0 Å². The van der Waals surface area contributed by atoms with Gasteiger partial charge in [-0.1, -0.05) is 43.9 Å². The molecule has 0 aliphatic heterocycles. The van der Waals surface area contributed by atoms with Gasteiger partial charge in [-0.05, 0) is 31.4 Å². The largest absolute Gasteiger partial charge is 0.349 e. The lowest BCUT2D eigenvalue weighted by molar-refractivity contribution is 0.0933. The van der Waals surface area contributed by atoms with Crippen LogP contribution in [0.3, 0.4) is 0 Å². The van der Waals surface area contributed by atoms with Gasteiger partial charge in [-0.15, -0.1) is 0 Å². The maximum absolute atomic E-state index is 12.1. The molecule has 0 bridgehead atoms. The maximum atomic E-state index is 12.1. The Morgan fingerprint density at radius 3 is 2.41 bits per heavy atom. The standard InChI is InChI=1S/C15H21NO/c1-12-8-6-7-11-14(12)15(17)16-13-9-4-2-3-5-10-13/h6-8,11,13H,2-5,9-10H2,1H3,(H,16,17). The Kier molecular flexibility index (Phi) is 4.18. The van der Waals surface area contributed by atoms with Gasteiger partial charge in [-0.3, -0.25) is 4.79 Å². The molecule has 1 aromatic rings. The molecule has 0 heterocycles. The third kappa shape index (κ3) is 3.32. The first-order valence-corrected chi connectivity index (χ1v) is 6.64. The smallest absolute Gasteiger partial charge is 0.251 e. The fourth-order valence-electron chi connectivity index (χ4n) is 2.51. The molecule has 1 amide bonds. The summed E-state index contributed by atoms with van der Waals surface area (Å²) in [5.74, 6) is 0.0926. The Hall–Kier alpha value is -1.31. The quantitative estimate of drug-likeness (QED) is 0.776. The van der Waals surface area contributed by atoms with Crippen molar-refractivity contribution in [2.45, 2.75) is 51.5 Å². The van der Waals surface area contributed by atoms with E-state index in [2.05, 4.69) is 5.32 Å². The fraction of sp³-hybridized carbons (Fsp3) is 0.533.